The van der Waals surface area contributed by atoms with Crippen LogP contribution in [0.15, 0.2) is 57.7 Å². The summed E-state index contributed by atoms with van der Waals surface area (Å²) in [4.78, 5) is 17.1. The quantitative estimate of drug-likeness (QED) is 0.545. The molecule has 1 fully saturated rings. The van der Waals surface area contributed by atoms with E-state index >= 15 is 0 Å². The number of carbonyl (C=O) groups excluding carboxylic acids is 1. The first kappa shape index (κ1) is 22.0. The van der Waals surface area contributed by atoms with Gasteiger partial charge in [0.1, 0.15) is 11.5 Å². The third-order valence-corrected chi connectivity index (χ3v) is 5.86. The summed E-state index contributed by atoms with van der Waals surface area (Å²) in [7, 11) is 0. The molecule has 2 aromatic heterocycles. The maximum Gasteiger partial charge on any atom is 0.318 e. The second kappa shape index (κ2) is 9.94. The lowest BCUT2D eigenvalue weighted by Gasteiger charge is -2.31. The summed E-state index contributed by atoms with van der Waals surface area (Å²) in [5, 5.41) is 7.46. The van der Waals surface area contributed by atoms with Crippen LogP contribution in [0.5, 0.6) is 0 Å². The monoisotopic (exact) mass is 436 g/mol. The molecule has 0 bridgehead atoms. The lowest BCUT2D eigenvalue weighted by molar-refractivity contribution is 0.185. The number of anilines is 1. The minimum Gasteiger partial charge on any atom is -0.467 e. The van der Waals surface area contributed by atoms with Gasteiger partial charge in [0, 0.05) is 24.7 Å². The lowest BCUT2D eigenvalue weighted by Crippen LogP contribution is -2.42. The molecule has 0 radical (unpaired) electrons. The van der Waals surface area contributed by atoms with Crippen molar-refractivity contribution in [1.82, 2.24) is 15.4 Å². The van der Waals surface area contributed by atoms with Gasteiger partial charge in [-0.1, -0.05) is 42.4 Å². The zero-order chi connectivity index (χ0) is 22.5. The molecule has 1 aliphatic rings. The number of rotatable bonds is 7. The average Bonchev–Trinajstić information content (AvgIpc) is 3.44. The maximum atomic E-state index is 13.1. The first-order valence-electron chi connectivity index (χ1n) is 11.4. The van der Waals surface area contributed by atoms with Crippen LogP contribution in [0.3, 0.4) is 0 Å². The fourth-order valence-corrected chi connectivity index (χ4v) is 4.05. The van der Waals surface area contributed by atoms with Crippen molar-refractivity contribution in [1.29, 1.82) is 0 Å². The van der Waals surface area contributed by atoms with E-state index in [1.165, 1.54) is 0 Å². The molecule has 0 atom stereocenters. The van der Waals surface area contributed by atoms with E-state index in [9.17, 15) is 4.79 Å². The van der Waals surface area contributed by atoms with Crippen molar-refractivity contribution in [3.63, 3.8) is 0 Å². The largest absolute Gasteiger partial charge is 0.467 e. The summed E-state index contributed by atoms with van der Waals surface area (Å²) in [5.74, 6) is 2.20. The molecule has 2 amide bonds. The van der Waals surface area contributed by atoms with Gasteiger partial charge in [0.25, 0.3) is 0 Å². The molecule has 32 heavy (non-hydrogen) atoms. The van der Waals surface area contributed by atoms with Crippen LogP contribution < -0.4 is 10.2 Å². The van der Waals surface area contributed by atoms with Gasteiger partial charge in [0.2, 0.25) is 5.88 Å². The molecule has 1 saturated heterocycles. The van der Waals surface area contributed by atoms with Crippen LogP contribution in [0.2, 0.25) is 0 Å². The van der Waals surface area contributed by atoms with Gasteiger partial charge in [-0.15, -0.1) is 0 Å². The van der Waals surface area contributed by atoms with Crippen LogP contribution in [0.25, 0.3) is 11.3 Å². The van der Waals surface area contributed by atoms with Crippen molar-refractivity contribution >= 4 is 11.9 Å². The van der Waals surface area contributed by atoms with Gasteiger partial charge >= 0.3 is 6.03 Å². The molecule has 1 aliphatic heterocycles. The first-order chi connectivity index (χ1) is 15.5. The average molecular weight is 437 g/mol. The zero-order valence-corrected chi connectivity index (χ0v) is 19.1. The number of hydrogen-bond donors (Lipinski definition) is 1. The zero-order valence-electron chi connectivity index (χ0n) is 19.1. The number of furan rings is 1. The number of carbonyl (C=O) groups is 1. The Balaban J connectivity index is 1.69. The van der Waals surface area contributed by atoms with Crippen molar-refractivity contribution in [2.45, 2.75) is 52.7 Å². The SMILES string of the molecule is CC1CCN(c2onc(-c3ccccc3)c2CN(Cc2ccco2)C(=O)NC(C)C)CC1. The molecule has 3 heterocycles. The summed E-state index contributed by atoms with van der Waals surface area (Å²) >= 11 is 0. The fraction of sp³-hybridized carbons (Fsp3) is 0.440. The summed E-state index contributed by atoms with van der Waals surface area (Å²) in [6.45, 7) is 8.78. The number of benzene rings is 1. The van der Waals surface area contributed by atoms with Crippen LogP contribution in [0.1, 0.15) is 44.9 Å². The summed E-state index contributed by atoms with van der Waals surface area (Å²) in [6.07, 6.45) is 3.86. The van der Waals surface area contributed by atoms with E-state index < -0.39 is 0 Å². The van der Waals surface area contributed by atoms with Gasteiger partial charge in [-0.2, -0.15) is 0 Å². The van der Waals surface area contributed by atoms with Gasteiger partial charge in [-0.3, -0.25) is 0 Å². The number of amides is 2. The molecule has 4 rings (SSSR count). The number of nitrogens with one attached hydrogen (secondary N) is 1. The second-order valence-corrected chi connectivity index (χ2v) is 8.89. The maximum absolute atomic E-state index is 13.1. The second-order valence-electron chi connectivity index (χ2n) is 8.89. The van der Waals surface area contributed by atoms with E-state index in [4.69, 9.17) is 8.94 Å². The molecule has 0 spiro atoms. The van der Waals surface area contributed by atoms with Gasteiger partial charge in [0.05, 0.1) is 24.9 Å². The van der Waals surface area contributed by atoms with Crippen molar-refractivity contribution < 1.29 is 13.7 Å². The highest BCUT2D eigenvalue weighted by Gasteiger charge is 2.28. The van der Waals surface area contributed by atoms with E-state index in [0.717, 1.165) is 54.4 Å². The summed E-state index contributed by atoms with van der Waals surface area (Å²) in [5.41, 5.74) is 2.68. The van der Waals surface area contributed by atoms with Gasteiger partial charge < -0.3 is 24.1 Å². The Labute approximate surface area is 189 Å². The Morgan fingerprint density at radius 3 is 2.56 bits per heavy atom. The molecule has 7 nitrogen and oxygen atoms in total. The molecule has 1 N–H and O–H groups in total. The van der Waals surface area contributed by atoms with Crippen molar-refractivity contribution in [2.24, 2.45) is 5.92 Å². The molecule has 0 saturated carbocycles. The van der Waals surface area contributed by atoms with E-state index in [-0.39, 0.29) is 12.1 Å². The van der Waals surface area contributed by atoms with Crippen LogP contribution >= 0.6 is 0 Å². The van der Waals surface area contributed by atoms with Gasteiger partial charge in [-0.05, 0) is 44.7 Å². The lowest BCUT2D eigenvalue weighted by atomic mass is 9.98. The van der Waals surface area contributed by atoms with Gasteiger partial charge in [-0.25, -0.2) is 4.79 Å². The number of urea groups is 1. The smallest absolute Gasteiger partial charge is 0.318 e. The number of piperidine rings is 1. The van der Waals surface area contributed by atoms with Crippen molar-refractivity contribution in [2.75, 3.05) is 18.0 Å². The molecule has 0 aliphatic carbocycles. The molecule has 3 aromatic rings. The number of hydrogen-bond acceptors (Lipinski definition) is 5. The standard InChI is InChI=1S/C25H32N4O3/c1-18(2)26-25(30)29(16-21-10-7-15-31-21)17-22-23(20-8-5-4-6-9-20)27-32-24(22)28-13-11-19(3)12-14-28/h4-10,15,18-19H,11-14,16-17H2,1-3H3,(H,26,30). The molecule has 0 unspecified atom stereocenters. The Kier molecular flexibility index (Phi) is 6.83. The molecule has 1 aromatic carbocycles. The minimum atomic E-state index is -0.144. The predicted octanol–water partition coefficient (Wildman–Crippen LogP) is 5.29. The third kappa shape index (κ3) is 5.15. The Morgan fingerprint density at radius 2 is 1.91 bits per heavy atom. The normalized spacial score (nSPS) is 14.7. The highest BCUT2D eigenvalue weighted by Crippen LogP contribution is 2.34. The molecular weight excluding hydrogens is 404 g/mol. The highest BCUT2D eigenvalue weighted by atomic mass is 16.5. The minimum absolute atomic E-state index is 0.0284. The summed E-state index contributed by atoms with van der Waals surface area (Å²) < 4.78 is 11.5. The molecular formula is C25H32N4O3. The van der Waals surface area contributed by atoms with E-state index in [1.54, 1.807) is 11.2 Å². The van der Waals surface area contributed by atoms with Gasteiger partial charge in [0.15, 0.2) is 0 Å². The predicted molar refractivity (Wildman–Crippen MR) is 124 cm³/mol. The first-order valence-corrected chi connectivity index (χ1v) is 11.4. The van der Waals surface area contributed by atoms with Crippen LogP contribution in [-0.4, -0.2) is 35.2 Å². The number of nitrogens with zero attached hydrogens (tertiary/aromatic N) is 3. The third-order valence-electron chi connectivity index (χ3n) is 5.86. The van der Waals surface area contributed by atoms with Crippen molar-refractivity contribution in [3.8, 4) is 11.3 Å². The van der Waals surface area contributed by atoms with Crippen LogP contribution in [0, 0.1) is 5.92 Å². The highest BCUT2D eigenvalue weighted by molar-refractivity contribution is 5.76. The van der Waals surface area contributed by atoms with Crippen LogP contribution in [0.4, 0.5) is 10.7 Å². The van der Waals surface area contributed by atoms with E-state index in [0.29, 0.717) is 19.0 Å². The summed E-state index contributed by atoms with van der Waals surface area (Å²) in [6, 6.07) is 13.6. The van der Waals surface area contributed by atoms with Crippen LogP contribution in [-0.2, 0) is 13.1 Å². The molecule has 170 valence electrons. The Morgan fingerprint density at radius 1 is 1.16 bits per heavy atom. The topological polar surface area (TPSA) is 74.8 Å². The Hall–Kier alpha value is -3.22. The fourth-order valence-electron chi connectivity index (χ4n) is 4.05. The van der Waals surface area contributed by atoms with E-state index in [2.05, 4.69) is 22.3 Å². The Bertz CT molecular complexity index is 990. The number of aromatic nitrogens is 1. The van der Waals surface area contributed by atoms with Crippen molar-refractivity contribution in [3.05, 3.63) is 60.1 Å². The van der Waals surface area contributed by atoms with E-state index in [1.807, 2.05) is 56.3 Å². The molecule has 7 heteroatoms.